The highest BCUT2D eigenvalue weighted by atomic mass is 35.5. The Hall–Kier alpha value is -2.14. The maximum absolute atomic E-state index is 12.5. The lowest BCUT2D eigenvalue weighted by atomic mass is 10.2. The molecule has 1 atom stereocenters. The van der Waals surface area contributed by atoms with Crippen LogP contribution >= 0.6 is 11.6 Å². The lowest BCUT2D eigenvalue weighted by Gasteiger charge is -2.37. The first-order valence-corrected chi connectivity index (χ1v) is 9.60. The molecular weight excluding hydrogens is 366 g/mol. The summed E-state index contributed by atoms with van der Waals surface area (Å²) in [4.78, 5) is 28.7. The summed E-state index contributed by atoms with van der Waals surface area (Å²) in [6.07, 6.45) is 2.19. The van der Waals surface area contributed by atoms with Crippen LogP contribution < -0.4 is 10.6 Å². The highest BCUT2D eigenvalue weighted by Crippen LogP contribution is 2.21. The number of benzene rings is 1. The fraction of sp³-hybridized carbons (Fsp3) is 0.526. The minimum atomic E-state index is -0.290. The number of carbonyl (C=O) groups is 2. The van der Waals surface area contributed by atoms with E-state index >= 15 is 0 Å². The van der Waals surface area contributed by atoms with Gasteiger partial charge in [0.05, 0.1) is 23.2 Å². The Balaban J connectivity index is 1.46. The summed E-state index contributed by atoms with van der Waals surface area (Å²) in [6.45, 7) is 5.29. The Bertz CT molecular complexity index is 751. The van der Waals surface area contributed by atoms with Crippen molar-refractivity contribution in [1.82, 2.24) is 15.1 Å². The van der Waals surface area contributed by atoms with E-state index in [1.165, 1.54) is 0 Å². The van der Waals surface area contributed by atoms with E-state index in [-0.39, 0.29) is 17.9 Å². The van der Waals surface area contributed by atoms with Crippen molar-refractivity contribution in [3.8, 4) is 6.07 Å². The molecule has 7 nitrogen and oxygen atoms in total. The molecule has 1 saturated heterocycles. The Morgan fingerprint density at radius 3 is 2.59 bits per heavy atom. The van der Waals surface area contributed by atoms with Crippen molar-refractivity contribution >= 4 is 29.1 Å². The van der Waals surface area contributed by atoms with Crippen LogP contribution in [0, 0.1) is 11.3 Å². The summed E-state index contributed by atoms with van der Waals surface area (Å²) >= 11 is 6.01. The van der Waals surface area contributed by atoms with Crippen molar-refractivity contribution < 1.29 is 9.59 Å². The molecule has 0 radical (unpaired) electrons. The predicted octanol–water partition coefficient (Wildman–Crippen LogP) is 1.43. The molecule has 1 aromatic rings. The smallest absolute Gasteiger partial charge is 0.241 e. The van der Waals surface area contributed by atoms with Crippen molar-refractivity contribution in [1.29, 1.82) is 5.26 Å². The summed E-state index contributed by atoms with van der Waals surface area (Å²) in [5.41, 5.74) is 0.954. The average Bonchev–Trinajstić information content (AvgIpc) is 3.45. The van der Waals surface area contributed by atoms with Gasteiger partial charge in [-0.2, -0.15) is 5.26 Å². The molecule has 27 heavy (non-hydrogen) atoms. The van der Waals surface area contributed by atoms with Gasteiger partial charge in [-0.3, -0.25) is 19.4 Å². The van der Waals surface area contributed by atoms with Gasteiger partial charge in [-0.1, -0.05) is 11.6 Å². The number of amides is 2. The second kappa shape index (κ2) is 8.70. The summed E-state index contributed by atoms with van der Waals surface area (Å²) in [5.74, 6) is -0.0230. The molecule has 0 bridgehead atoms. The predicted molar refractivity (Wildman–Crippen MR) is 103 cm³/mol. The van der Waals surface area contributed by atoms with Crippen molar-refractivity contribution in [2.45, 2.75) is 31.8 Å². The van der Waals surface area contributed by atoms with Gasteiger partial charge in [0.2, 0.25) is 11.8 Å². The first kappa shape index (κ1) is 19.6. The molecule has 0 spiro atoms. The number of halogens is 1. The van der Waals surface area contributed by atoms with Crippen molar-refractivity contribution in [2.75, 3.05) is 38.0 Å². The molecule has 2 N–H and O–H groups in total. The van der Waals surface area contributed by atoms with Crippen LogP contribution in [0.2, 0.25) is 5.02 Å². The third kappa shape index (κ3) is 5.42. The molecule has 1 aromatic carbocycles. The maximum Gasteiger partial charge on any atom is 0.241 e. The number of anilines is 1. The molecule has 1 saturated carbocycles. The van der Waals surface area contributed by atoms with Crippen LogP contribution in [0.15, 0.2) is 18.2 Å². The zero-order valence-electron chi connectivity index (χ0n) is 15.4. The molecule has 2 amide bonds. The van der Waals surface area contributed by atoms with Gasteiger partial charge in [-0.25, -0.2) is 0 Å². The summed E-state index contributed by atoms with van der Waals surface area (Å²) in [5, 5.41) is 15.1. The summed E-state index contributed by atoms with van der Waals surface area (Å²) in [6, 6.07) is 6.94. The second-order valence-electron chi connectivity index (χ2n) is 7.13. The van der Waals surface area contributed by atoms with Crippen LogP contribution in [0.3, 0.4) is 0 Å². The van der Waals surface area contributed by atoms with E-state index in [4.69, 9.17) is 16.9 Å². The van der Waals surface area contributed by atoms with Gasteiger partial charge < -0.3 is 10.6 Å². The SMILES string of the molecule is C[C@H](C(=O)Nc1ccc(C#N)c(Cl)c1)N1CCN(CC(=O)NC2CC2)CC1. The molecule has 8 heteroatoms. The number of rotatable bonds is 6. The van der Waals surface area contributed by atoms with Crippen molar-refractivity contribution in [3.05, 3.63) is 28.8 Å². The van der Waals surface area contributed by atoms with E-state index in [9.17, 15) is 9.59 Å². The molecule has 1 heterocycles. The summed E-state index contributed by atoms with van der Waals surface area (Å²) < 4.78 is 0. The van der Waals surface area contributed by atoms with Crippen LogP contribution in [0.1, 0.15) is 25.3 Å². The van der Waals surface area contributed by atoms with E-state index in [0.29, 0.717) is 28.9 Å². The number of hydrogen-bond acceptors (Lipinski definition) is 5. The van der Waals surface area contributed by atoms with Gasteiger partial charge in [-0.15, -0.1) is 0 Å². The first-order valence-electron chi connectivity index (χ1n) is 9.22. The van der Waals surface area contributed by atoms with Gasteiger partial charge in [-0.05, 0) is 38.0 Å². The quantitative estimate of drug-likeness (QED) is 0.768. The molecular formula is C19H24ClN5O2. The topological polar surface area (TPSA) is 88.5 Å². The van der Waals surface area contributed by atoms with E-state index in [0.717, 1.165) is 39.0 Å². The van der Waals surface area contributed by atoms with Crippen LogP contribution in [-0.4, -0.2) is 66.4 Å². The molecule has 2 fully saturated rings. The zero-order valence-corrected chi connectivity index (χ0v) is 16.1. The third-order valence-electron chi connectivity index (χ3n) is 5.00. The van der Waals surface area contributed by atoms with E-state index in [1.54, 1.807) is 18.2 Å². The van der Waals surface area contributed by atoms with Crippen molar-refractivity contribution in [2.24, 2.45) is 0 Å². The monoisotopic (exact) mass is 389 g/mol. The van der Waals surface area contributed by atoms with Crippen LogP contribution in [0.25, 0.3) is 0 Å². The Morgan fingerprint density at radius 1 is 1.30 bits per heavy atom. The minimum Gasteiger partial charge on any atom is -0.352 e. The van der Waals surface area contributed by atoms with E-state index in [2.05, 4.69) is 20.4 Å². The number of nitrogens with zero attached hydrogens (tertiary/aromatic N) is 3. The number of piperazine rings is 1. The van der Waals surface area contributed by atoms with E-state index < -0.39 is 0 Å². The van der Waals surface area contributed by atoms with Gasteiger partial charge in [0, 0.05) is 37.9 Å². The fourth-order valence-electron chi connectivity index (χ4n) is 3.11. The Morgan fingerprint density at radius 2 is 2.00 bits per heavy atom. The average molecular weight is 390 g/mol. The highest BCUT2D eigenvalue weighted by molar-refractivity contribution is 6.32. The molecule has 1 aliphatic carbocycles. The standard InChI is InChI=1S/C19H24ClN5O2/c1-13(19(27)23-16-3-2-14(11-21)17(20)10-16)25-8-6-24(7-9-25)12-18(26)22-15-4-5-15/h2-3,10,13,15H,4-9,12H2,1H3,(H,22,26)(H,23,27)/t13-/m1/s1. The molecule has 0 aromatic heterocycles. The molecule has 144 valence electrons. The van der Waals surface area contributed by atoms with Gasteiger partial charge in [0.15, 0.2) is 0 Å². The van der Waals surface area contributed by atoms with Gasteiger partial charge in [0.1, 0.15) is 6.07 Å². The van der Waals surface area contributed by atoms with Gasteiger partial charge >= 0.3 is 0 Å². The molecule has 2 aliphatic rings. The highest BCUT2D eigenvalue weighted by Gasteiger charge is 2.28. The molecule has 0 unspecified atom stereocenters. The van der Waals surface area contributed by atoms with Gasteiger partial charge in [0.25, 0.3) is 0 Å². The van der Waals surface area contributed by atoms with Crippen LogP contribution in [0.4, 0.5) is 5.69 Å². The lowest BCUT2D eigenvalue weighted by Crippen LogP contribution is -2.54. The third-order valence-corrected chi connectivity index (χ3v) is 5.31. The summed E-state index contributed by atoms with van der Waals surface area (Å²) in [7, 11) is 0. The lowest BCUT2D eigenvalue weighted by molar-refractivity contribution is -0.124. The van der Waals surface area contributed by atoms with Crippen LogP contribution in [0.5, 0.6) is 0 Å². The number of carbonyl (C=O) groups excluding carboxylic acids is 2. The maximum atomic E-state index is 12.5. The van der Waals surface area contributed by atoms with E-state index in [1.807, 2.05) is 13.0 Å². The molecule has 3 rings (SSSR count). The van der Waals surface area contributed by atoms with Crippen LogP contribution in [-0.2, 0) is 9.59 Å². The number of hydrogen-bond donors (Lipinski definition) is 2. The van der Waals surface area contributed by atoms with Crippen molar-refractivity contribution in [3.63, 3.8) is 0 Å². The largest absolute Gasteiger partial charge is 0.352 e. The zero-order chi connectivity index (χ0) is 19.4. The molecule has 1 aliphatic heterocycles. The minimum absolute atomic E-state index is 0.0921. The number of nitrogens with one attached hydrogen (secondary N) is 2. The first-order chi connectivity index (χ1) is 13.0. The fourth-order valence-corrected chi connectivity index (χ4v) is 3.33. The number of nitriles is 1. The normalized spacial score (nSPS) is 19.1. The second-order valence-corrected chi connectivity index (χ2v) is 7.53. The Labute approximate surface area is 164 Å². The Kier molecular flexibility index (Phi) is 6.32.